The molecule has 4 aliphatic rings. The number of carboxylic acid groups (broad SMARTS) is 3. The predicted molar refractivity (Wildman–Crippen MR) is 142 cm³/mol. The summed E-state index contributed by atoms with van der Waals surface area (Å²) >= 11 is 0. The first-order valence-electron chi connectivity index (χ1n) is 14.0. The zero-order chi connectivity index (χ0) is 29.7. The molecule has 5 rings (SSSR count). The monoisotopic (exact) mass is 575 g/mol. The minimum absolute atomic E-state index is 0.0273. The molecule has 2 amide bonds. The van der Waals surface area contributed by atoms with Gasteiger partial charge in [0.25, 0.3) is 0 Å². The van der Waals surface area contributed by atoms with E-state index >= 15 is 0 Å². The number of fused-ring (bicyclic) bond motifs is 5. The fourth-order valence-corrected chi connectivity index (χ4v) is 6.64. The van der Waals surface area contributed by atoms with E-state index in [0.29, 0.717) is 18.4 Å². The number of aliphatic carboxylic acids is 3. The quantitative estimate of drug-likeness (QED) is 0.205. The Morgan fingerprint density at radius 3 is 1.83 bits per heavy atom. The summed E-state index contributed by atoms with van der Waals surface area (Å²) in [6.45, 7) is 5.54. The molecule has 2 bridgehead atoms. The fraction of sp³-hybridized carbons (Fsp3) is 0.667. The zero-order valence-electron chi connectivity index (χ0n) is 22.8. The van der Waals surface area contributed by atoms with E-state index in [9.17, 15) is 24.0 Å². The molecule has 2 saturated heterocycles. The summed E-state index contributed by atoms with van der Waals surface area (Å²) in [5.41, 5.74) is -2.74. The average Bonchev–Trinajstić information content (AvgIpc) is 3.61. The second-order valence-electron chi connectivity index (χ2n) is 11.3. The van der Waals surface area contributed by atoms with Gasteiger partial charge in [-0.15, -0.1) is 0 Å². The van der Waals surface area contributed by atoms with Crippen LogP contribution in [0.3, 0.4) is 0 Å². The third-order valence-corrected chi connectivity index (χ3v) is 8.62. The first-order chi connectivity index (χ1) is 19.5. The third kappa shape index (κ3) is 6.99. The molecule has 0 radical (unpaired) electrons. The number of unbranched alkanes of at least 4 members (excludes halogenated alkanes) is 1. The highest BCUT2D eigenvalue weighted by atomic mass is 16.4. The summed E-state index contributed by atoms with van der Waals surface area (Å²) in [5.74, 6) is -2.90. The summed E-state index contributed by atoms with van der Waals surface area (Å²) in [6, 6.07) is 1.84. The molecule has 2 aliphatic carbocycles. The van der Waals surface area contributed by atoms with E-state index in [1.165, 1.54) is 0 Å². The molecule has 224 valence electrons. The van der Waals surface area contributed by atoms with Gasteiger partial charge < -0.3 is 25.3 Å². The van der Waals surface area contributed by atoms with Gasteiger partial charge in [0, 0.05) is 45.1 Å². The van der Waals surface area contributed by atoms with Crippen molar-refractivity contribution in [2.45, 2.75) is 50.5 Å². The van der Waals surface area contributed by atoms with Gasteiger partial charge >= 0.3 is 17.9 Å². The highest BCUT2D eigenvalue weighted by Crippen LogP contribution is 2.56. The number of piperazine rings is 1. The third-order valence-electron chi connectivity index (χ3n) is 8.62. The smallest absolute Gasteiger partial charge is 0.336 e. The van der Waals surface area contributed by atoms with Crippen molar-refractivity contribution < 1.29 is 44.4 Å². The molecular formula is C27H37N5O9. The van der Waals surface area contributed by atoms with Crippen molar-refractivity contribution in [2.75, 3.05) is 44.2 Å². The highest BCUT2D eigenvalue weighted by molar-refractivity contribution is 6.06. The number of carboxylic acids is 3. The SMILES string of the molecule is O=C(O)CC(O)(CC(=O)O)C(=O)O.O=C1[C@@H]2C3CCC(C3)[C@@H]2C(=O)N1CCCCN1CCN(c2ncccn2)CC1. The molecule has 0 spiro atoms. The molecule has 41 heavy (non-hydrogen) atoms. The Morgan fingerprint density at radius 2 is 1.34 bits per heavy atom. The highest BCUT2D eigenvalue weighted by Gasteiger charge is 2.60. The van der Waals surface area contributed by atoms with Crippen molar-refractivity contribution in [1.82, 2.24) is 19.8 Å². The number of carbonyl (C=O) groups excluding carboxylic acids is 2. The summed E-state index contributed by atoms with van der Waals surface area (Å²) in [4.78, 5) is 70.9. The molecule has 2 saturated carbocycles. The van der Waals surface area contributed by atoms with Crippen LogP contribution in [0.15, 0.2) is 18.5 Å². The first kappa shape index (κ1) is 30.3. The Morgan fingerprint density at radius 1 is 0.829 bits per heavy atom. The van der Waals surface area contributed by atoms with E-state index in [4.69, 9.17) is 20.4 Å². The Kier molecular flexibility index (Phi) is 9.53. The van der Waals surface area contributed by atoms with E-state index in [1.807, 2.05) is 6.07 Å². The van der Waals surface area contributed by atoms with Crippen molar-refractivity contribution in [1.29, 1.82) is 0 Å². The van der Waals surface area contributed by atoms with Gasteiger partial charge in [0.2, 0.25) is 17.8 Å². The normalized spacial score (nSPS) is 25.6. The largest absolute Gasteiger partial charge is 0.481 e. The standard InChI is InChI=1S/C21H29N5O2.C6H8O7/c27-19-17-15-4-5-16(14-15)18(17)20(28)26(19)9-2-1-8-24-10-12-25(13-11-24)21-22-6-3-7-23-21;7-3(8)1-6(13,5(11)12)2-4(9)10/h3,6-7,15-18H,1-2,4-5,8-14H2;13H,1-2H2,(H,7,8)(H,9,10)(H,11,12)/t15?,16?,17-,18+;. The fourth-order valence-electron chi connectivity index (χ4n) is 6.64. The Balaban J connectivity index is 0.000000254. The molecule has 2 unspecified atom stereocenters. The zero-order valence-corrected chi connectivity index (χ0v) is 22.8. The molecule has 3 heterocycles. The van der Waals surface area contributed by atoms with Crippen LogP contribution in [0.5, 0.6) is 0 Å². The lowest BCUT2D eigenvalue weighted by molar-refractivity contribution is -0.170. The number of aromatic nitrogens is 2. The number of imide groups is 1. The van der Waals surface area contributed by atoms with Gasteiger partial charge in [0.15, 0.2) is 5.60 Å². The molecule has 0 aromatic carbocycles. The summed E-state index contributed by atoms with van der Waals surface area (Å²) in [5, 5.41) is 33.8. The van der Waals surface area contributed by atoms with Crippen molar-refractivity contribution in [3.05, 3.63) is 18.5 Å². The number of likely N-dealkylation sites (tertiary alicyclic amines) is 1. The summed E-state index contributed by atoms with van der Waals surface area (Å²) in [6.07, 6.45) is 6.64. The maximum atomic E-state index is 12.7. The molecule has 4 atom stereocenters. The van der Waals surface area contributed by atoms with E-state index in [2.05, 4.69) is 19.8 Å². The summed E-state index contributed by atoms with van der Waals surface area (Å²) in [7, 11) is 0. The van der Waals surface area contributed by atoms with Gasteiger partial charge in [-0.1, -0.05) is 0 Å². The van der Waals surface area contributed by atoms with Crippen molar-refractivity contribution >= 4 is 35.7 Å². The molecule has 14 nitrogen and oxygen atoms in total. The second-order valence-corrected chi connectivity index (χ2v) is 11.3. The van der Waals surface area contributed by atoms with Gasteiger partial charge in [-0.2, -0.15) is 0 Å². The number of anilines is 1. The summed E-state index contributed by atoms with van der Waals surface area (Å²) < 4.78 is 0. The minimum Gasteiger partial charge on any atom is -0.481 e. The van der Waals surface area contributed by atoms with Gasteiger partial charge in [-0.05, 0) is 56.6 Å². The first-order valence-corrected chi connectivity index (χ1v) is 14.0. The number of hydrogen-bond acceptors (Lipinski definition) is 10. The minimum atomic E-state index is -2.74. The lowest BCUT2D eigenvalue weighted by atomic mass is 9.81. The Hall–Kier alpha value is -3.65. The maximum absolute atomic E-state index is 12.7. The van der Waals surface area contributed by atoms with Crippen LogP contribution in [-0.2, 0) is 24.0 Å². The van der Waals surface area contributed by atoms with Crippen LogP contribution in [0.2, 0.25) is 0 Å². The Labute approximate surface area is 237 Å². The lowest BCUT2D eigenvalue weighted by Gasteiger charge is -2.34. The Bertz CT molecular complexity index is 1100. The molecule has 4 fully saturated rings. The average molecular weight is 576 g/mol. The molecular weight excluding hydrogens is 538 g/mol. The maximum Gasteiger partial charge on any atom is 0.336 e. The van der Waals surface area contributed by atoms with Crippen LogP contribution in [0.4, 0.5) is 5.95 Å². The molecule has 4 N–H and O–H groups in total. The van der Waals surface area contributed by atoms with Crippen LogP contribution >= 0.6 is 0 Å². The molecule has 1 aromatic heterocycles. The van der Waals surface area contributed by atoms with Gasteiger partial charge in [-0.25, -0.2) is 14.8 Å². The number of aliphatic hydroxyl groups is 1. The number of amides is 2. The van der Waals surface area contributed by atoms with Crippen LogP contribution in [-0.4, -0.2) is 115 Å². The van der Waals surface area contributed by atoms with E-state index in [-0.39, 0.29) is 23.7 Å². The predicted octanol–water partition coefficient (Wildman–Crippen LogP) is 0.161. The molecule has 2 aliphatic heterocycles. The molecule has 1 aromatic rings. The second kappa shape index (κ2) is 12.9. The topological polar surface area (TPSA) is 202 Å². The van der Waals surface area contributed by atoms with Crippen molar-refractivity contribution in [3.8, 4) is 0 Å². The van der Waals surface area contributed by atoms with Gasteiger partial charge in [0.1, 0.15) is 0 Å². The van der Waals surface area contributed by atoms with Gasteiger partial charge in [-0.3, -0.25) is 29.0 Å². The van der Waals surface area contributed by atoms with E-state index < -0.39 is 36.4 Å². The number of rotatable bonds is 11. The lowest BCUT2D eigenvalue weighted by Crippen LogP contribution is -2.47. The van der Waals surface area contributed by atoms with Crippen molar-refractivity contribution in [3.63, 3.8) is 0 Å². The number of hydrogen-bond donors (Lipinski definition) is 4. The van der Waals surface area contributed by atoms with Crippen LogP contribution in [0.1, 0.15) is 44.9 Å². The van der Waals surface area contributed by atoms with Crippen LogP contribution < -0.4 is 4.90 Å². The number of nitrogens with zero attached hydrogens (tertiary/aromatic N) is 5. The molecule has 14 heteroatoms. The number of carbonyl (C=O) groups is 5. The van der Waals surface area contributed by atoms with Crippen LogP contribution in [0.25, 0.3) is 0 Å². The van der Waals surface area contributed by atoms with E-state index in [0.717, 1.165) is 70.8 Å². The van der Waals surface area contributed by atoms with Crippen molar-refractivity contribution in [2.24, 2.45) is 23.7 Å². The van der Waals surface area contributed by atoms with Gasteiger partial charge in [0.05, 0.1) is 24.7 Å². The van der Waals surface area contributed by atoms with Crippen LogP contribution in [0, 0.1) is 23.7 Å². The van der Waals surface area contributed by atoms with E-state index in [1.54, 1.807) is 17.3 Å².